The molecular weight excluding hydrogens is 258 g/mol. The third-order valence-corrected chi connectivity index (χ3v) is 3.93. The number of nitrogens with zero attached hydrogens (tertiary/aromatic N) is 1. The molecule has 0 bridgehead atoms. The highest BCUT2D eigenvalue weighted by atomic mass is 16.5. The summed E-state index contributed by atoms with van der Waals surface area (Å²) in [5.74, 6) is -0.0420. The Morgan fingerprint density at radius 3 is 2.80 bits per heavy atom. The summed E-state index contributed by atoms with van der Waals surface area (Å²) in [5, 5.41) is 15.6. The van der Waals surface area contributed by atoms with E-state index in [9.17, 15) is 9.90 Å². The molecule has 2 aliphatic rings. The van der Waals surface area contributed by atoms with Gasteiger partial charge in [0.2, 0.25) is 0 Å². The number of rotatable bonds is 3. The van der Waals surface area contributed by atoms with Crippen LogP contribution in [0.1, 0.15) is 18.0 Å². The van der Waals surface area contributed by atoms with Crippen LogP contribution in [0.15, 0.2) is 29.3 Å². The van der Waals surface area contributed by atoms with Crippen LogP contribution in [0.5, 0.6) is 5.75 Å². The van der Waals surface area contributed by atoms with E-state index in [0.29, 0.717) is 6.42 Å². The van der Waals surface area contributed by atoms with Crippen LogP contribution < -0.4 is 15.4 Å². The maximum absolute atomic E-state index is 11.3. The SMILES string of the molecule is COc1ccc([C@@H]2N[C@H](C(=O)O)C[C@@H]3NC=N[C@@H]32)cc1. The highest BCUT2D eigenvalue weighted by Gasteiger charge is 2.42. The monoisotopic (exact) mass is 275 g/mol. The van der Waals surface area contributed by atoms with Gasteiger partial charge in [-0.15, -0.1) is 0 Å². The van der Waals surface area contributed by atoms with Crippen molar-refractivity contribution in [1.82, 2.24) is 10.6 Å². The Morgan fingerprint density at radius 1 is 1.40 bits per heavy atom. The molecule has 0 amide bonds. The van der Waals surface area contributed by atoms with Crippen molar-refractivity contribution in [2.24, 2.45) is 4.99 Å². The first-order chi connectivity index (χ1) is 9.69. The summed E-state index contributed by atoms with van der Waals surface area (Å²) in [6.07, 6.45) is 2.21. The zero-order chi connectivity index (χ0) is 14.1. The molecule has 20 heavy (non-hydrogen) atoms. The van der Waals surface area contributed by atoms with Crippen molar-refractivity contribution in [2.45, 2.75) is 30.6 Å². The lowest BCUT2D eigenvalue weighted by Crippen LogP contribution is -2.55. The van der Waals surface area contributed by atoms with E-state index >= 15 is 0 Å². The summed E-state index contributed by atoms with van der Waals surface area (Å²) in [7, 11) is 1.62. The predicted octanol–water partition coefficient (Wildman–Crippen LogP) is 0.552. The molecule has 0 aromatic heterocycles. The number of carbonyl (C=O) groups is 1. The second kappa shape index (κ2) is 5.13. The number of hydrogen-bond acceptors (Lipinski definition) is 5. The second-order valence-corrected chi connectivity index (χ2v) is 5.09. The van der Waals surface area contributed by atoms with Gasteiger partial charge in [-0.3, -0.25) is 15.1 Å². The molecule has 6 heteroatoms. The Balaban J connectivity index is 1.87. The Hall–Kier alpha value is -2.08. The van der Waals surface area contributed by atoms with E-state index in [4.69, 9.17) is 4.74 Å². The Labute approximate surface area is 116 Å². The lowest BCUT2D eigenvalue weighted by Gasteiger charge is -2.37. The number of aliphatic imine (C=N–C) groups is 1. The van der Waals surface area contributed by atoms with Crippen LogP contribution in [-0.4, -0.2) is 42.6 Å². The zero-order valence-electron chi connectivity index (χ0n) is 11.1. The van der Waals surface area contributed by atoms with Gasteiger partial charge in [-0.1, -0.05) is 12.1 Å². The smallest absolute Gasteiger partial charge is 0.320 e. The molecule has 0 spiro atoms. The minimum absolute atomic E-state index is 0.0268. The molecular formula is C14H17N3O3. The van der Waals surface area contributed by atoms with Crippen LogP contribution in [-0.2, 0) is 4.79 Å². The molecule has 6 nitrogen and oxygen atoms in total. The third-order valence-electron chi connectivity index (χ3n) is 3.93. The summed E-state index contributed by atoms with van der Waals surface area (Å²) in [6, 6.07) is 7.09. The fourth-order valence-corrected chi connectivity index (χ4v) is 2.87. The van der Waals surface area contributed by atoms with Crippen molar-refractivity contribution in [2.75, 3.05) is 7.11 Å². The minimum Gasteiger partial charge on any atom is -0.497 e. The summed E-state index contributed by atoms with van der Waals surface area (Å²) in [6.45, 7) is 0. The standard InChI is InChI=1S/C14H17N3O3/c1-20-9-4-2-8(3-5-9)12-13-10(15-7-16-13)6-11(17-12)14(18)19/h2-5,7,10-13,17H,6H2,1H3,(H,15,16)(H,18,19)/t10-,11-,12-,13-/m0/s1. The first-order valence-electron chi connectivity index (χ1n) is 6.59. The molecule has 0 saturated carbocycles. The fourth-order valence-electron chi connectivity index (χ4n) is 2.87. The first-order valence-corrected chi connectivity index (χ1v) is 6.59. The summed E-state index contributed by atoms with van der Waals surface area (Å²) in [4.78, 5) is 15.7. The molecule has 2 aliphatic heterocycles. The normalized spacial score (nSPS) is 31.4. The number of carboxylic acids is 1. The highest BCUT2D eigenvalue weighted by molar-refractivity contribution is 5.74. The van der Waals surface area contributed by atoms with Crippen LogP contribution in [0.3, 0.4) is 0 Å². The molecule has 0 aliphatic carbocycles. The van der Waals surface area contributed by atoms with E-state index in [1.807, 2.05) is 24.3 Å². The van der Waals surface area contributed by atoms with E-state index in [-0.39, 0.29) is 18.1 Å². The van der Waals surface area contributed by atoms with Gasteiger partial charge in [-0.2, -0.15) is 0 Å². The lowest BCUT2D eigenvalue weighted by molar-refractivity contribution is -0.140. The number of nitrogens with one attached hydrogen (secondary N) is 2. The van der Waals surface area contributed by atoms with Gasteiger partial charge < -0.3 is 15.2 Å². The minimum atomic E-state index is -0.823. The summed E-state index contributed by atoms with van der Waals surface area (Å²) in [5.41, 5.74) is 1.02. The second-order valence-electron chi connectivity index (χ2n) is 5.09. The van der Waals surface area contributed by atoms with Gasteiger partial charge in [0, 0.05) is 0 Å². The Morgan fingerprint density at radius 2 is 2.15 bits per heavy atom. The van der Waals surface area contributed by atoms with Crippen molar-refractivity contribution in [3.8, 4) is 5.75 Å². The number of piperidine rings is 1. The van der Waals surface area contributed by atoms with Crippen molar-refractivity contribution in [3.63, 3.8) is 0 Å². The molecule has 1 aromatic rings. The maximum atomic E-state index is 11.3. The molecule has 2 heterocycles. The molecule has 1 aromatic carbocycles. The molecule has 4 atom stereocenters. The van der Waals surface area contributed by atoms with Gasteiger partial charge in [0.25, 0.3) is 0 Å². The zero-order valence-corrected chi connectivity index (χ0v) is 11.1. The molecule has 1 saturated heterocycles. The van der Waals surface area contributed by atoms with Gasteiger partial charge in [0.1, 0.15) is 11.8 Å². The van der Waals surface area contributed by atoms with Gasteiger partial charge in [0.15, 0.2) is 0 Å². The van der Waals surface area contributed by atoms with Crippen molar-refractivity contribution in [3.05, 3.63) is 29.8 Å². The number of ether oxygens (including phenoxy) is 1. The van der Waals surface area contributed by atoms with Crippen LogP contribution >= 0.6 is 0 Å². The van der Waals surface area contributed by atoms with Crippen LogP contribution in [0.4, 0.5) is 0 Å². The number of fused-ring (bicyclic) bond motifs is 1. The predicted molar refractivity (Wildman–Crippen MR) is 74.1 cm³/mol. The van der Waals surface area contributed by atoms with Crippen LogP contribution in [0.2, 0.25) is 0 Å². The number of aliphatic carboxylic acids is 1. The maximum Gasteiger partial charge on any atom is 0.320 e. The van der Waals surface area contributed by atoms with Gasteiger partial charge in [-0.25, -0.2) is 0 Å². The summed E-state index contributed by atoms with van der Waals surface area (Å²) >= 11 is 0. The third kappa shape index (κ3) is 2.22. The number of carboxylic acid groups (broad SMARTS) is 1. The van der Waals surface area contributed by atoms with Crippen molar-refractivity contribution < 1.29 is 14.6 Å². The molecule has 3 N–H and O–H groups in total. The topological polar surface area (TPSA) is 83.0 Å². The van der Waals surface area contributed by atoms with Gasteiger partial charge >= 0.3 is 5.97 Å². The molecule has 1 fully saturated rings. The average Bonchev–Trinajstić information content (AvgIpc) is 2.94. The molecule has 0 unspecified atom stereocenters. The van der Waals surface area contributed by atoms with E-state index in [0.717, 1.165) is 11.3 Å². The molecule has 106 valence electrons. The van der Waals surface area contributed by atoms with E-state index in [2.05, 4.69) is 15.6 Å². The largest absolute Gasteiger partial charge is 0.497 e. The van der Waals surface area contributed by atoms with Crippen LogP contribution in [0.25, 0.3) is 0 Å². The van der Waals surface area contributed by atoms with Crippen molar-refractivity contribution >= 4 is 12.3 Å². The van der Waals surface area contributed by atoms with Crippen LogP contribution in [0, 0.1) is 0 Å². The Kier molecular flexibility index (Phi) is 3.31. The quantitative estimate of drug-likeness (QED) is 0.750. The molecule has 3 rings (SSSR count). The van der Waals surface area contributed by atoms with E-state index in [1.165, 1.54) is 0 Å². The van der Waals surface area contributed by atoms with E-state index in [1.54, 1.807) is 13.4 Å². The number of hydrogen-bond donors (Lipinski definition) is 3. The Bertz CT molecular complexity index is 529. The number of methoxy groups -OCH3 is 1. The summed E-state index contributed by atoms with van der Waals surface area (Å²) < 4.78 is 5.15. The highest BCUT2D eigenvalue weighted by Crippen LogP contribution is 2.31. The van der Waals surface area contributed by atoms with Crippen molar-refractivity contribution in [1.29, 1.82) is 0 Å². The number of benzene rings is 1. The van der Waals surface area contributed by atoms with Gasteiger partial charge in [0.05, 0.1) is 31.6 Å². The average molecular weight is 275 g/mol. The fraction of sp³-hybridized carbons (Fsp3) is 0.429. The first kappa shape index (κ1) is 12.9. The van der Waals surface area contributed by atoms with E-state index < -0.39 is 12.0 Å². The molecule has 0 radical (unpaired) electrons. The van der Waals surface area contributed by atoms with Gasteiger partial charge in [-0.05, 0) is 24.1 Å². The lowest BCUT2D eigenvalue weighted by atomic mass is 9.86.